The molecule has 0 aliphatic rings. The standard InChI is InChI=1S/C20H13N3O7S.C18H14N4O5.Cr/c24-16-8-5-11-3-1-2-4-13(11)19(16)21-22-20-14-7-6-12(23(26)27)9-15(14)18(10-17(20)25)31(28,29)30;1-10(23)19-13-4-2-3-11-5-7-16(25)18(17(11)13)21-20-14-9-12(22(26)27)6-8-15(14)24;/h1-10,24-25H,(H,28,29,30);2-9,24-25H,1H3,(H,19,23);. The predicted molar refractivity (Wildman–Crippen MR) is 211 cm³/mol. The number of nitrogens with one attached hydrogen (secondary N) is 1. The van der Waals surface area contributed by atoms with Crippen LogP contribution in [0.3, 0.4) is 0 Å². The maximum atomic E-state index is 11.7. The minimum Gasteiger partial charge on any atom is -0.506 e. The molecule has 7 aromatic rings. The molecule has 0 aromatic heterocycles. The number of nitrogens with zero attached hydrogens (tertiary/aromatic N) is 6. The van der Waals surface area contributed by atoms with Gasteiger partial charge in [-0.1, -0.05) is 48.5 Å². The molecule has 0 heterocycles. The second-order valence-electron chi connectivity index (χ2n) is 12.2. The molecule has 0 saturated heterocycles. The Bertz CT molecular complexity index is 3020. The summed E-state index contributed by atoms with van der Waals surface area (Å²) in [6.07, 6.45) is 0. The molecule has 0 radical (unpaired) electrons. The second-order valence-corrected chi connectivity index (χ2v) is 13.6. The second kappa shape index (κ2) is 17.3. The topological polar surface area (TPSA) is 300 Å². The minimum atomic E-state index is -4.81. The van der Waals surface area contributed by atoms with E-state index in [1.165, 1.54) is 25.1 Å². The number of nitro benzene ring substituents is 2. The molecule has 1 amide bonds. The summed E-state index contributed by atoms with van der Waals surface area (Å²) in [7, 11) is -4.81. The van der Waals surface area contributed by atoms with E-state index in [9.17, 15) is 58.4 Å². The van der Waals surface area contributed by atoms with E-state index in [0.29, 0.717) is 21.8 Å². The summed E-state index contributed by atoms with van der Waals surface area (Å²) in [6, 6.07) is 25.7. The smallest absolute Gasteiger partial charge is 0.295 e. The Hall–Kier alpha value is -7.57. The van der Waals surface area contributed by atoms with Crippen LogP contribution in [0.2, 0.25) is 0 Å². The van der Waals surface area contributed by atoms with Gasteiger partial charge in [0.2, 0.25) is 5.91 Å². The van der Waals surface area contributed by atoms with Crippen LogP contribution in [0, 0.1) is 20.2 Å². The van der Waals surface area contributed by atoms with E-state index in [-0.39, 0.29) is 79.7 Å². The van der Waals surface area contributed by atoms with E-state index < -0.39 is 36.3 Å². The number of rotatable bonds is 8. The fourth-order valence-corrected chi connectivity index (χ4v) is 6.49. The Morgan fingerprint density at radius 1 is 0.610 bits per heavy atom. The van der Waals surface area contributed by atoms with Crippen LogP contribution in [0.5, 0.6) is 23.0 Å². The molecule has 0 unspecified atom stereocenters. The molecular formula is C38H27CrN7O12S. The normalized spacial score (nSPS) is 11.4. The maximum Gasteiger partial charge on any atom is 0.295 e. The van der Waals surface area contributed by atoms with Crippen molar-refractivity contribution in [2.75, 3.05) is 5.32 Å². The van der Waals surface area contributed by atoms with Gasteiger partial charge in [-0.25, -0.2) is 0 Å². The van der Waals surface area contributed by atoms with Crippen LogP contribution in [-0.2, 0) is 32.3 Å². The third kappa shape index (κ3) is 9.19. The summed E-state index contributed by atoms with van der Waals surface area (Å²) in [4.78, 5) is 31.4. The molecule has 0 atom stereocenters. The number of non-ortho nitro benzene ring substituents is 2. The van der Waals surface area contributed by atoms with E-state index in [4.69, 9.17) is 0 Å². The molecule has 19 nitrogen and oxygen atoms in total. The van der Waals surface area contributed by atoms with Gasteiger partial charge in [-0.2, -0.15) is 8.42 Å². The van der Waals surface area contributed by atoms with Gasteiger partial charge in [0.15, 0.2) is 0 Å². The van der Waals surface area contributed by atoms with Gasteiger partial charge in [0.25, 0.3) is 21.5 Å². The molecule has 59 heavy (non-hydrogen) atoms. The third-order valence-electron chi connectivity index (χ3n) is 8.39. The number of carbonyl (C=O) groups excluding carboxylic acids is 1. The van der Waals surface area contributed by atoms with Crippen LogP contribution in [0.1, 0.15) is 6.92 Å². The van der Waals surface area contributed by atoms with Crippen molar-refractivity contribution in [2.24, 2.45) is 20.5 Å². The van der Waals surface area contributed by atoms with Crippen molar-refractivity contribution < 1.29 is 65.4 Å². The van der Waals surface area contributed by atoms with Gasteiger partial charge in [0.1, 0.15) is 50.6 Å². The van der Waals surface area contributed by atoms with Crippen molar-refractivity contribution in [3.05, 3.63) is 129 Å². The zero-order chi connectivity index (χ0) is 41.9. The number of fused-ring (bicyclic) bond motifs is 3. The number of azo groups is 2. The average Bonchev–Trinajstić information content (AvgIpc) is 3.17. The van der Waals surface area contributed by atoms with Gasteiger partial charge in [-0.15, -0.1) is 20.5 Å². The Morgan fingerprint density at radius 2 is 1.17 bits per heavy atom. The Labute approximate surface area is 342 Å². The molecule has 298 valence electrons. The molecule has 0 spiro atoms. The number of aromatic hydroxyl groups is 4. The monoisotopic (exact) mass is 857 g/mol. The van der Waals surface area contributed by atoms with E-state index >= 15 is 0 Å². The van der Waals surface area contributed by atoms with Crippen molar-refractivity contribution in [3.63, 3.8) is 0 Å². The fourth-order valence-electron chi connectivity index (χ4n) is 5.79. The van der Waals surface area contributed by atoms with Gasteiger partial charge >= 0.3 is 0 Å². The summed E-state index contributed by atoms with van der Waals surface area (Å²) < 4.78 is 33.0. The molecular weight excluding hydrogens is 831 g/mol. The zero-order valence-corrected chi connectivity index (χ0v) is 32.1. The number of nitro groups is 2. The van der Waals surface area contributed by atoms with Crippen molar-refractivity contribution in [3.8, 4) is 23.0 Å². The molecule has 21 heteroatoms. The Morgan fingerprint density at radius 3 is 1.83 bits per heavy atom. The van der Waals surface area contributed by atoms with E-state index in [1.807, 2.05) is 0 Å². The number of amides is 1. The van der Waals surface area contributed by atoms with Crippen LogP contribution in [-0.4, -0.2) is 49.2 Å². The first-order chi connectivity index (χ1) is 27.5. The van der Waals surface area contributed by atoms with Gasteiger partial charge < -0.3 is 25.7 Å². The molecule has 0 aliphatic carbocycles. The minimum absolute atomic E-state index is 0. The molecule has 6 N–H and O–H groups in total. The summed E-state index contributed by atoms with van der Waals surface area (Å²) >= 11 is 0. The number of phenolic OH excluding ortho intramolecular Hbond substituents is 4. The number of hydrogen-bond acceptors (Lipinski definition) is 15. The van der Waals surface area contributed by atoms with E-state index in [0.717, 1.165) is 41.8 Å². The van der Waals surface area contributed by atoms with Crippen LogP contribution in [0.15, 0.2) is 135 Å². The molecule has 0 aliphatic heterocycles. The number of carbonyl (C=O) groups is 1. The number of hydrogen-bond donors (Lipinski definition) is 6. The summed E-state index contributed by atoms with van der Waals surface area (Å²) in [6.45, 7) is 1.35. The van der Waals surface area contributed by atoms with E-state index in [2.05, 4.69) is 25.8 Å². The van der Waals surface area contributed by atoms with Crippen LogP contribution >= 0.6 is 0 Å². The average molecular weight is 858 g/mol. The largest absolute Gasteiger partial charge is 0.506 e. The first-order valence-corrected chi connectivity index (χ1v) is 17.9. The third-order valence-corrected chi connectivity index (χ3v) is 9.28. The quantitative estimate of drug-likeness (QED) is 0.0360. The molecule has 0 saturated carbocycles. The number of anilines is 1. The molecule has 7 aromatic carbocycles. The fraction of sp³-hybridized carbons (Fsp3) is 0.0263. The number of benzene rings is 7. The maximum absolute atomic E-state index is 11.7. The predicted octanol–water partition coefficient (Wildman–Crippen LogP) is 9.50. The van der Waals surface area contributed by atoms with E-state index in [1.54, 1.807) is 54.6 Å². The Balaban J connectivity index is 0.000000223. The summed E-state index contributed by atoms with van der Waals surface area (Å²) in [5, 5.41) is 83.4. The van der Waals surface area contributed by atoms with Crippen molar-refractivity contribution in [1.29, 1.82) is 0 Å². The van der Waals surface area contributed by atoms with Crippen molar-refractivity contribution in [2.45, 2.75) is 11.8 Å². The molecule has 0 bridgehead atoms. The van der Waals surface area contributed by atoms with Crippen LogP contribution < -0.4 is 5.32 Å². The van der Waals surface area contributed by atoms with Gasteiger partial charge in [-0.3, -0.25) is 29.6 Å². The number of phenols is 4. The zero-order valence-electron chi connectivity index (χ0n) is 30.0. The van der Waals surface area contributed by atoms with Gasteiger partial charge in [0, 0.05) is 76.2 Å². The van der Waals surface area contributed by atoms with Crippen LogP contribution in [0.4, 0.5) is 39.8 Å². The molecule has 0 fully saturated rings. The van der Waals surface area contributed by atoms with Crippen molar-refractivity contribution in [1.82, 2.24) is 0 Å². The molecule has 7 rings (SSSR count). The van der Waals surface area contributed by atoms with Gasteiger partial charge in [-0.05, 0) is 41.1 Å². The summed E-state index contributed by atoms with van der Waals surface area (Å²) in [5.41, 5.74) is -0.398. The Kier molecular flexibility index (Phi) is 12.5. The van der Waals surface area contributed by atoms with Crippen molar-refractivity contribution >= 4 is 88.2 Å². The summed E-state index contributed by atoms with van der Waals surface area (Å²) in [5.74, 6) is -1.60. The van der Waals surface area contributed by atoms with Gasteiger partial charge in [0.05, 0.1) is 15.5 Å². The SMILES string of the molecule is CC(=O)Nc1cccc2ccc(O)c(N=Nc3cc([N+](=O)[O-])ccc3O)c12.O=[N+]([O-])c1ccc2c(N=Nc3c(O)ccc4ccccc34)c(O)cc(S(=O)(=O)O)c2c1.[Cr]. The van der Waals surface area contributed by atoms with Crippen LogP contribution in [0.25, 0.3) is 32.3 Å². The first-order valence-electron chi connectivity index (χ1n) is 16.5. The first kappa shape index (κ1) is 42.6.